The molecule has 0 aliphatic heterocycles. The summed E-state index contributed by atoms with van der Waals surface area (Å²) in [5.74, 6) is -0.0827. The van der Waals surface area contributed by atoms with Crippen LogP contribution in [-0.2, 0) is 17.8 Å². The van der Waals surface area contributed by atoms with E-state index in [1.807, 2.05) is 0 Å². The highest BCUT2D eigenvalue weighted by Crippen LogP contribution is 2.36. The van der Waals surface area contributed by atoms with Crippen molar-refractivity contribution in [1.82, 2.24) is 5.43 Å². The molecule has 170 valence electrons. The lowest BCUT2D eigenvalue weighted by molar-refractivity contribution is -0.384. The molecule has 0 aliphatic rings. The molecule has 10 heteroatoms. The first-order valence-electron chi connectivity index (χ1n) is 9.65. The van der Waals surface area contributed by atoms with E-state index in [2.05, 4.69) is 10.5 Å². The van der Waals surface area contributed by atoms with E-state index in [0.29, 0.717) is 28.2 Å². The maximum absolute atomic E-state index is 12.9. The van der Waals surface area contributed by atoms with Gasteiger partial charge in [-0.1, -0.05) is 23.7 Å². The van der Waals surface area contributed by atoms with Crippen molar-refractivity contribution in [1.29, 1.82) is 0 Å². The number of nitro benzene ring substituents is 1. The van der Waals surface area contributed by atoms with Gasteiger partial charge in [0, 0.05) is 12.1 Å². The van der Waals surface area contributed by atoms with Crippen LogP contribution in [0.15, 0.2) is 65.8 Å². The molecular weight excluding hydrogens is 453 g/mol. The smallest absolute Gasteiger partial charge is 0.269 e. The number of carbonyl (C=O) groups is 1. The number of nitrogens with zero attached hydrogens (tertiary/aromatic N) is 2. The van der Waals surface area contributed by atoms with E-state index in [0.717, 1.165) is 0 Å². The molecule has 0 spiro atoms. The Labute approximate surface area is 193 Å². The number of hydrogen-bond acceptors (Lipinski definition) is 6. The number of nitrogens with one attached hydrogen (secondary N) is 1. The SMILES string of the molecule is COc1cc(/C=N/NC(=O)Cc2ccc(F)cc2)cc(Cl)c1OCc1ccc([N+](=O)[O-])cc1. The highest BCUT2D eigenvalue weighted by Gasteiger charge is 2.13. The molecule has 0 saturated carbocycles. The van der Waals surface area contributed by atoms with E-state index in [1.54, 1.807) is 24.3 Å². The van der Waals surface area contributed by atoms with E-state index in [-0.39, 0.29) is 35.5 Å². The van der Waals surface area contributed by atoms with Gasteiger partial charge < -0.3 is 9.47 Å². The molecule has 33 heavy (non-hydrogen) atoms. The molecular formula is C23H19ClFN3O5. The maximum Gasteiger partial charge on any atom is 0.269 e. The van der Waals surface area contributed by atoms with Gasteiger partial charge >= 0.3 is 0 Å². The fourth-order valence-corrected chi connectivity index (χ4v) is 3.10. The number of hydrogen-bond donors (Lipinski definition) is 1. The van der Waals surface area contributed by atoms with Gasteiger partial charge in [-0.25, -0.2) is 9.82 Å². The number of nitro groups is 1. The second-order valence-electron chi connectivity index (χ2n) is 6.84. The second-order valence-corrected chi connectivity index (χ2v) is 7.25. The maximum atomic E-state index is 12.9. The molecule has 0 aliphatic carbocycles. The van der Waals surface area contributed by atoms with Crippen molar-refractivity contribution < 1.29 is 23.6 Å². The fraction of sp³-hybridized carbons (Fsp3) is 0.130. The van der Waals surface area contributed by atoms with Gasteiger partial charge in [0.1, 0.15) is 12.4 Å². The molecule has 0 heterocycles. The third kappa shape index (κ3) is 6.75. The molecule has 3 aromatic rings. The largest absolute Gasteiger partial charge is 0.493 e. The van der Waals surface area contributed by atoms with Crippen molar-refractivity contribution in [3.63, 3.8) is 0 Å². The van der Waals surface area contributed by atoms with Gasteiger partial charge in [0.25, 0.3) is 5.69 Å². The molecule has 0 atom stereocenters. The third-order valence-electron chi connectivity index (χ3n) is 4.46. The normalized spacial score (nSPS) is 10.8. The Hall–Kier alpha value is -3.98. The summed E-state index contributed by atoms with van der Waals surface area (Å²) in [6.45, 7) is 0.126. The second kappa shape index (κ2) is 11.1. The van der Waals surface area contributed by atoms with Crippen LogP contribution in [-0.4, -0.2) is 24.2 Å². The lowest BCUT2D eigenvalue weighted by atomic mass is 10.1. The number of methoxy groups -OCH3 is 1. The van der Waals surface area contributed by atoms with Crippen molar-refractivity contribution in [3.05, 3.63) is 98.3 Å². The van der Waals surface area contributed by atoms with Gasteiger partial charge in [0.15, 0.2) is 11.5 Å². The molecule has 0 aromatic heterocycles. The Balaban J connectivity index is 1.62. The zero-order chi connectivity index (χ0) is 23.8. The predicted molar refractivity (Wildman–Crippen MR) is 121 cm³/mol. The summed E-state index contributed by atoms with van der Waals surface area (Å²) in [6.07, 6.45) is 1.45. The molecule has 0 bridgehead atoms. The van der Waals surface area contributed by atoms with E-state index >= 15 is 0 Å². The molecule has 0 fully saturated rings. The summed E-state index contributed by atoms with van der Waals surface area (Å²) in [6, 6.07) is 14.8. The van der Waals surface area contributed by atoms with Gasteiger partial charge in [-0.3, -0.25) is 14.9 Å². The van der Waals surface area contributed by atoms with Gasteiger partial charge in [-0.15, -0.1) is 0 Å². The number of benzene rings is 3. The Kier molecular flexibility index (Phi) is 7.93. The first kappa shape index (κ1) is 23.7. The Bertz CT molecular complexity index is 1170. The van der Waals surface area contributed by atoms with Crippen molar-refractivity contribution in [2.24, 2.45) is 5.10 Å². The van der Waals surface area contributed by atoms with Crippen LogP contribution in [0.3, 0.4) is 0 Å². The van der Waals surface area contributed by atoms with Crippen molar-refractivity contribution in [3.8, 4) is 11.5 Å². The van der Waals surface area contributed by atoms with E-state index in [4.69, 9.17) is 21.1 Å². The van der Waals surface area contributed by atoms with Gasteiger partial charge in [-0.05, 0) is 53.1 Å². The summed E-state index contributed by atoms with van der Waals surface area (Å²) < 4.78 is 24.0. The van der Waals surface area contributed by atoms with Gasteiger partial charge in [-0.2, -0.15) is 5.10 Å². The summed E-state index contributed by atoms with van der Waals surface area (Å²) in [4.78, 5) is 22.3. The summed E-state index contributed by atoms with van der Waals surface area (Å²) >= 11 is 6.33. The number of ether oxygens (including phenoxy) is 2. The summed E-state index contributed by atoms with van der Waals surface area (Å²) in [7, 11) is 1.45. The minimum absolute atomic E-state index is 0.0113. The van der Waals surface area contributed by atoms with E-state index in [1.165, 1.54) is 49.7 Å². The first-order valence-corrected chi connectivity index (χ1v) is 10.0. The fourth-order valence-electron chi connectivity index (χ4n) is 2.83. The van der Waals surface area contributed by atoms with Crippen LogP contribution in [0.5, 0.6) is 11.5 Å². The quantitative estimate of drug-likeness (QED) is 0.277. The average molecular weight is 472 g/mol. The molecule has 0 radical (unpaired) electrons. The molecule has 0 unspecified atom stereocenters. The lowest BCUT2D eigenvalue weighted by Crippen LogP contribution is -2.19. The Morgan fingerprint density at radius 3 is 2.45 bits per heavy atom. The highest BCUT2D eigenvalue weighted by atomic mass is 35.5. The third-order valence-corrected chi connectivity index (χ3v) is 4.74. The van der Waals surface area contributed by atoms with E-state index in [9.17, 15) is 19.3 Å². The Morgan fingerprint density at radius 2 is 1.82 bits per heavy atom. The van der Waals surface area contributed by atoms with Crippen LogP contribution in [0.1, 0.15) is 16.7 Å². The first-order chi connectivity index (χ1) is 15.9. The molecule has 3 aromatic carbocycles. The van der Waals surface area contributed by atoms with Crippen LogP contribution >= 0.6 is 11.6 Å². The Morgan fingerprint density at radius 1 is 1.15 bits per heavy atom. The number of amides is 1. The van der Waals surface area contributed by atoms with E-state index < -0.39 is 4.92 Å². The molecule has 0 saturated heterocycles. The number of non-ortho nitro benzene ring substituents is 1. The van der Waals surface area contributed by atoms with Crippen molar-refractivity contribution >= 4 is 29.4 Å². The number of hydrazone groups is 1. The predicted octanol–water partition coefficient (Wildman–Crippen LogP) is 4.67. The zero-order valence-corrected chi connectivity index (χ0v) is 18.2. The minimum atomic E-state index is -0.476. The number of halogens is 2. The monoisotopic (exact) mass is 471 g/mol. The molecule has 8 nitrogen and oxygen atoms in total. The van der Waals surface area contributed by atoms with Gasteiger partial charge in [0.05, 0.1) is 29.7 Å². The number of carbonyl (C=O) groups excluding carboxylic acids is 1. The van der Waals surface area contributed by atoms with Crippen LogP contribution < -0.4 is 14.9 Å². The molecule has 1 amide bonds. The van der Waals surface area contributed by atoms with Crippen LogP contribution in [0.4, 0.5) is 10.1 Å². The average Bonchev–Trinajstić information content (AvgIpc) is 2.80. The van der Waals surface area contributed by atoms with Crippen LogP contribution in [0, 0.1) is 15.9 Å². The van der Waals surface area contributed by atoms with Crippen molar-refractivity contribution in [2.45, 2.75) is 13.0 Å². The highest BCUT2D eigenvalue weighted by molar-refractivity contribution is 6.32. The van der Waals surface area contributed by atoms with Crippen molar-refractivity contribution in [2.75, 3.05) is 7.11 Å². The molecule has 1 N–H and O–H groups in total. The standard InChI is InChI=1S/C23H19ClFN3O5/c1-32-21-11-17(13-26-27-22(29)12-15-2-6-18(25)7-3-15)10-20(24)23(21)33-14-16-4-8-19(9-5-16)28(30)31/h2-11,13H,12,14H2,1H3,(H,27,29)/b26-13+. The zero-order valence-electron chi connectivity index (χ0n) is 17.5. The summed E-state index contributed by atoms with van der Waals surface area (Å²) in [5.41, 5.74) is 4.32. The lowest BCUT2D eigenvalue weighted by Gasteiger charge is -2.13. The topological polar surface area (TPSA) is 103 Å². The minimum Gasteiger partial charge on any atom is -0.493 e. The van der Waals surface area contributed by atoms with Crippen LogP contribution in [0.2, 0.25) is 5.02 Å². The molecule has 3 rings (SSSR count). The van der Waals surface area contributed by atoms with Gasteiger partial charge in [0.2, 0.25) is 5.91 Å². The number of rotatable bonds is 9. The van der Waals surface area contributed by atoms with Crippen LogP contribution in [0.25, 0.3) is 0 Å². The summed E-state index contributed by atoms with van der Waals surface area (Å²) in [5, 5.41) is 14.9.